The number of ether oxygens (including phenoxy) is 2. The summed E-state index contributed by atoms with van der Waals surface area (Å²) < 4.78 is 10.8. The number of hydrogen-bond donors (Lipinski definition) is 2. The maximum Gasteiger partial charge on any atom is 0.239 e. The number of nitrogens with one attached hydrogen (secondary N) is 2. The highest BCUT2D eigenvalue weighted by Gasteiger charge is 2.28. The molecular weight excluding hydrogens is 282 g/mol. The Hall–Kier alpha value is -0.690. The van der Waals surface area contributed by atoms with Gasteiger partial charge in [0.1, 0.15) is 6.04 Å². The average Bonchev–Trinajstić information content (AvgIpc) is 2.60. The lowest BCUT2D eigenvalue weighted by Gasteiger charge is -2.39. The number of hydrogen-bond acceptors (Lipinski definition) is 5. The molecule has 2 unspecified atom stereocenters. The van der Waals surface area contributed by atoms with Crippen molar-refractivity contribution in [3.8, 4) is 0 Å². The van der Waals surface area contributed by atoms with Crippen LogP contribution in [0, 0.1) is 5.92 Å². The summed E-state index contributed by atoms with van der Waals surface area (Å²) in [5, 5.41) is 6.34. The van der Waals surface area contributed by atoms with E-state index in [9.17, 15) is 4.79 Å². The summed E-state index contributed by atoms with van der Waals surface area (Å²) in [7, 11) is 0. The fourth-order valence-corrected chi connectivity index (χ4v) is 3.40. The van der Waals surface area contributed by atoms with Gasteiger partial charge in [-0.2, -0.15) is 0 Å². The first kappa shape index (κ1) is 17.7. The predicted octanol–water partition coefficient (Wildman–Crippen LogP) is 0.228. The molecular formula is C16H31N3O3. The summed E-state index contributed by atoms with van der Waals surface area (Å²) in [6.07, 6.45) is 2.28. The second-order valence-electron chi connectivity index (χ2n) is 6.12. The molecule has 2 aliphatic heterocycles. The van der Waals surface area contributed by atoms with Crippen LogP contribution >= 0.6 is 0 Å². The molecule has 6 heteroatoms. The number of morpholine rings is 2. The lowest BCUT2D eigenvalue weighted by atomic mass is 9.92. The number of carbonyl (C=O) groups is 1. The van der Waals surface area contributed by atoms with Crippen molar-refractivity contribution in [2.24, 2.45) is 5.92 Å². The molecule has 2 aliphatic rings. The number of rotatable bonds is 7. The fourth-order valence-electron chi connectivity index (χ4n) is 3.40. The van der Waals surface area contributed by atoms with Crippen LogP contribution in [-0.4, -0.2) is 75.5 Å². The van der Waals surface area contributed by atoms with E-state index in [0.29, 0.717) is 31.7 Å². The molecule has 0 spiro atoms. The van der Waals surface area contributed by atoms with Crippen molar-refractivity contribution in [1.82, 2.24) is 15.5 Å². The average molecular weight is 313 g/mol. The highest BCUT2D eigenvalue weighted by molar-refractivity contribution is 5.82. The van der Waals surface area contributed by atoms with Crippen molar-refractivity contribution >= 4 is 5.91 Å². The van der Waals surface area contributed by atoms with Gasteiger partial charge in [0.15, 0.2) is 0 Å². The zero-order valence-corrected chi connectivity index (χ0v) is 14.0. The Labute approximate surface area is 133 Å². The molecule has 2 N–H and O–H groups in total. The Morgan fingerprint density at radius 3 is 2.55 bits per heavy atom. The maximum atomic E-state index is 12.3. The fraction of sp³-hybridized carbons (Fsp3) is 0.938. The molecule has 6 nitrogen and oxygen atoms in total. The van der Waals surface area contributed by atoms with Crippen molar-refractivity contribution in [2.75, 3.05) is 52.6 Å². The lowest BCUT2D eigenvalue weighted by Crippen LogP contribution is -2.56. The van der Waals surface area contributed by atoms with Gasteiger partial charge in [-0.3, -0.25) is 9.69 Å². The van der Waals surface area contributed by atoms with Crippen molar-refractivity contribution in [3.63, 3.8) is 0 Å². The smallest absolute Gasteiger partial charge is 0.239 e. The molecule has 2 fully saturated rings. The Balaban J connectivity index is 1.88. The van der Waals surface area contributed by atoms with Crippen molar-refractivity contribution in [1.29, 1.82) is 0 Å². The van der Waals surface area contributed by atoms with Gasteiger partial charge in [0.25, 0.3) is 0 Å². The van der Waals surface area contributed by atoms with Crippen molar-refractivity contribution in [2.45, 2.75) is 38.8 Å². The van der Waals surface area contributed by atoms with Crippen LogP contribution in [0.4, 0.5) is 0 Å². The molecule has 2 atom stereocenters. The summed E-state index contributed by atoms with van der Waals surface area (Å²) in [5.74, 6) is 0.665. The summed E-state index contributed by atoms with van der Waals surface area (Å²) in [4.78, 5) is 14.8. The highest BCUT2D eigenvalue weighted by atomic mass is 16.5. The van der Waals surface area contributed by atoms with E-state index in [1.54, 1.807) is 0 Å². The van der Waals surface area contributed by atoms with Gasteiger partial charge in [0.05, 0.1) is 26.4 Å². The SMILES string of the molecule is CCC(CC)C(CNC(=O)C1COCCN1)N1CCOCC1. The quantitative estimate of drug-likeness (QED) is 0.704. The molecule has 2 saturated heterocycles. The van der Waals surface area contributed by atoms with E-state index in [1.807, 2.05) is 0 Å². The number of amides is 1. The maximum absolute atomic E-state index is 12.3. The minimum absolute atomic E-state index is 0.0592. The predicted molar refractivity (Wildman–Crippen MR) is 85.9 cm³/mol. The van der Waals surface area contributed by atoms with Gasteiger partial charge in [-0.05, 0) is 5.92 Å². The van der Waals surface area contributed by atoms with Gasteiger partial charge in [-0.15, -0.1) is 0 Å². The van der Waals surface area contributed by atoms with Crippen LogP contribution in [0.5, 0.6) is 0 Å². The summed E-state index contributed by atoms with van der Waals surface area (Å²) in [5.41, 5.74) is 0. The van der Waals surface area contributed by atoms with Crippen LogP contribution in [-0.2, 0) is 14.3 Å². The zero-order valence-electron chi connectivity index (χ0n) is 14.0. The van der Waals surface area contributed by atoms with E-state index in [4.69, 9.17) is 9.47 Å². The molecule has 128 valence electrons. The second kappa shape index (κ2) is 9.45. The van der Waals surface area contributed by atoms with E-state index in [1.165, 1.54) is 0 Å². The van der Waals surface area contributed by atoms with Crippen LogP contribution < -0.4 is 10.6 Å². The molecule has 22 heavy (non-hydrogen) atoms. The van der Waals surface area contributed by atoms with E-state index < -0.39 is 0 Å². The zero-order chi connectivity index (χ0) is 15.8. The van der Waals surface area contributed by atoms with Gasteiger partial charge < -0.3 is 20.1 Å². The first-order valence-corrected chi connectivity index (χ1v) is 8.66. The third-order valence-corrected chi connectivity index (χ3v) is 4.83. The Morgan fingerprint density at radius 1 is 1.23 bits per heavy atom. The van der Waals surface area contributed by atoms with Gasteiger partial charge in [0.2, 0.25) is 5.91 Å². The van der Waals surface area contributed by atoms with E-state index >= 15 is 0 Å². The standard InChI is InChI=1S/C16H31N3O3/c1-3-13(4-2)15(19-6-9-21-10-7-19)11-18-16(20)14-12-22-8-5-17-14/h13-15,17H,3-12H2,1-2H3,(H,18,20). The van der Waals surface area contributed by atoms with Crippen LogP contribution in [0.25, 0.3) is 0 Å². The molecule has 0 aromatic heterocycles. The first-order valence-electron chi connectivity index (χ1n) is 8.66. The molecule has 0 aliphatic carbocycles. The second-order valence-corrected chi connectivity index (χ2v) is 6.12. The third-order valence-electron chi connectivity index (χ3n) is 4.83. The molecule has 0 bridgehead atoms. The molecule has 2 heterocycles. The Morgan fingerprint density at radius 2 is 1.95 bits per heavy atom. The van der Waals surface area contributed by atoms with Crippen LogP contribution in [0.2, 0.25) is 0 Å². The molecule has 0 saturated carbocycles. The van der Waals surface area contributed by atoms with E-state index in [0.717, 1.165) is 45.7 Å². The van der Waals surface area contributed by atoms with Gasteiger partial charge in [-0.1, -0.05) is 26.7 Å². The molecule has 2 rings (SSSR count). The number of nitrogens with zero attached hydrogens (tertiary/aromatic N) is 1. The van der Waals surface area contributed by atoms with Crippen LogP contribution in [0.3, 0.4) is 0 Å². The van der Waals surface area contributed by atoms with Gasteiger partial charge in [0, 0.05) is 32.2 Å². The minimum Gasteiger partial charge on any atom is -0.379 e. The van der Waals surface area contributed by atoms with Gasteiger partial charge in [-0.25, -0.2) is 0 Å². The Kier molecular flexibility index (Phi) is 7.59. The van der Waals surface area contributed by atoms with Crippen LogP contribution in [0.1, 0.15) is 26.7 Å². The number of carbonyl (C=O) groups excluding carboxylic acids is 1. The van der Waals surface area contributed by atoms with Gasteiger partial charge >= 0.3 is 0 Å². The Bertz CT molecular complexity index is 325. The normalized spacial score (nSPS) is 25.1. The van der Waals surface area contributed by atoms with Crippen molar-refractivity contribution in [3.05, 3.63) is 0 Å². The monoisotopic (exact) mass is 313 g/mol. The summed E-state index contributed by atoms with van der Waals surface area (Å²) >= 11 is 0. The summed E-state index contributed by atoms with van der Waals surface area (Å²) in [6.45, 7) is 10.6. The van der Waals surface area contributed by atoms with E-state index in [-0.39, 0.29) is 11.9 Å². The van der Waals surface area contributed by atoms with Crippen molar-refractivity contribution < 1.29 is 14.3 Å². The first-order chi connectivity index (χ1) is 10.8. The summed E-state index contributed by atoms with van der Waals surface area (Å²) in [6, 6.07) is 0.188. The molecule has 0 radical (unpaired) electrons. The molecule has 0 aromatic rings. The minimum atomic E-state index is -0.208. The topological polar surface area (TPSA) is 62.8 Å². The third kappa shape index (κ3) is 4.91. The highest BCUT2D eigenvalue weighted by Crippen LogP contribution is 2.19. The van der Waals surface area contributed by atoms with Crippen LogP contribution in [0.15, 0.2) is 0 Å². The van der Waals surface area contributed by atoms with E-state index in [2.05, 4.69) is 29.4 Å². The lowest BCUT2D eigenvalue weighted by molar-refractivity contribution is -0.126. The largest absolute Gasteiger partial charge is 0.379 e. The molecule has 1 amide bonds. The molecule has 0 aromatic carbocycles.